The Morgan fingerprint density at radius 1 is 1.29 bits per heavy atom. The van der Waals surface area contributed by atoms with Crippen LogP contribution < -0.4 is 4.90 Å². The minimum atomic E-state index is -1.07. The Kier molecular flexibility index (Phi) is 4.84. The number of nitrogens with zero attached hydrogens (tertiary/aromatic N) is 3. The van der Waals surface area contributed by atoms with Gasteiger partial charge in [-0.15, -0.1) is 0 Å². The van der Waals surface area contributed by atoms with E-state index in [2.05, 4.69) is 9.97 Å². The van der Waals surface area contributed by atoms with Crippen LogP contribution in [0.5, 0.6) is 0 Å². The molecule has 0 saturated carbocycles. The number of carbonyl (C=O) groups is 1. The third kappa shape index (κ3) is 3.76. The van der Waals surface area contributed by atoms with Gasteiger partial charge in [0.05, 0.1) is 6.61 Å². The van der Waals surface area contributed by atoms with Crippen LogP contribution in [-0.4, -0.2) is 48.4 Å². The van der Waals surface area contributed by atoms with E-state index in [1.54, 1.807) is 7.11 Å². The Hall–Kier alpha value is -2.47. The van der Waals surface area contributed by atoms with E-state index in [0.717, 1.165) is 5.56 Å². The Morgan fingerprint density at radius 2 is 2.00 bits per heavy atom. The summed E-state index contributed by atoms with van der Waals surface area (Å²) in [5, 5.41) is 9.20. The molecule has 0 aliphatic heterocycles. The monoisotopic (exact) mass is 287 g/mol. The largest absolute Gasteiger partial charge is 0.477 e. The topological polar surface area (TPSA) is 75.5 Å². The van der Waals surface area contributed by atoms with Gasteiger partial charge < -0.3 is 14.7 Å². The molecule has 0 spiro atoms. The standard InChI is InChI=1S/C15H17N3O3/c1-18(8-9-21-2)13-10-12(15(19)20)16-14(17-13)11-6-4-3-5-7-11/h3-7,10H,8-9H2,1-2H3,(H,19,20). The van der Waals surface area contributed by atoms with Gasteiger partial charge in [0.1, 0.15) is 5.82 Å². The Labute approximate surface area is 123 Å². The van der Waals surface area contributed by atoms with Crippen molar-refractivity contribution in [3.63, 3.8) is 0 Å². The molecule has 6 heteroatoms. The van der Waals surface area contributed by atoms with Crippen molar-refractivity contribution in [1.82, 2.24) is 9.97 Å². The number of aromatic nitrogens is 2. The predicted molar refractivity (Wildman–Crippen MR) is 79.6 cm³/mol. The van der Waals surface area contributed by atoms with Crippen LogP contribution in [0.4, 0.5) is 5.82 Å². The fraction of sp³-hybridized carbons (Fsp3) is 0.267. The Bertz CT molecular complexity index is 617. The molecule has 0 aliphatic rings. The molecule has 2 rings (SSSR count). The van der Waals surface area contributed by atoms with Crippen LogP contribution in [0.3, 0.4) is 0 Å². The van der Waals surface area contributed by atoms with Crippen molar-refractivity contribution < 1.29 is 14.6 Å². The summed E-state index contributed by atoms with van der Waals surface area (Å²) in [6, 6.07) is 10.8. The molecule has 2 aromatic rings. The van der Waals surface area contributed by atoms with Gasteiger partial charge in [-0.05, 0) is 0 Å². The lowest BCUT2D eigenvalue weighted by molar-refractivity contribution is 0.0690. The molecule has 1 heterocycles. The van der Waals surface area contributed by atoms with Gasteiger partial charge in [-0.2, -0.15) is 0 Å². The molecule has 0 aliphatic carbocycles. The van der Waals surface area contributed by atoms with Gasteiger partial charge >= 0.3 is 5.97 Å². The van der Waals surface area contributed by atoms with Crippen molar-refractivity contribution >= 4 is 11.8 Å². The number of aromatic carboxylic acids is 1. The first kappa shape index (κ1) is 14.9. The number of carboxylic acid groups (broad SMARTS) is 1. The molecule has 6 nitrogen and oxygen atoms in total. The number of hydrogen-bond acceptors (Lipinski definition) is 5. The van der Waals surface area contributed by atoms with Crippen LogP contribution in [0.1, 0.15) is 10.5 Å². The quantitative estimate of drug-likeness (QED) is 0.875. The van der Waals surface area contributed by atoms with Crippen LogP contribution in [-0.2, 0) is 4.74 Å². The maximum atomic E-state index is 11.2. The molecule has 0 unspecified atom stereocenters. The minimum absolute atomic E-state index is 0.0249. The van der Waals surface area contributed by atoms with E-state index < -0.39 is 5.97 Å². The van der Waals surface area contributed by atoms with Crippen molar-refractivity contribution in [1.29, 1.82) is 0 Å². The zero-order valence-corrected chi connectivity index (χ0v) is 12.0. The Balaban J connectivity index is 2.42. The fourth-order valence-electron chi connectivity index (χ4n) is 1.80. The smallest absolute Gasteiger partial charge is 0.354 e. The van der Waals surface area contributed by atoms with Crippen LogP contribution in [0.25, 0.3) is 11.4 Å². The predicted octanol–water partition coefficient (Wildman–Crippen LogP) is 1.92. The molecule has 1 aromatic heterocycles. The number of anilines is 1. The summed E-state index contributed by atoms with van der Waals surface area (Å²) in [5.74, 6) is -0.121. The van der Waals surface area contributed by atoms with Crippen LogP contribution >= 0.6 is 0 Å². The number of methoxy groups -OCH3 is 1. The van der Waals surface area contributed by atoms with Crippen LogP contribution in [0.15, 0.2) is 36.4 Å². The Morgan fingerprint density at radius 3 is 2.62 bits per heavy atom. The van der Waals surface area contributed by atoms with Gasteiger partial charge in [-0.25, -0.2) is 14.8 Å². The van der Waals surface area contributed by atoms with Gasteiger partial charge in [0, 0.05) is 32.3 Å². The molecule has 0 radical (unpaired) electrons. The summed E-state index contributed by atoms with van der Waals surface area (Å²) < 4.78 is 5.03. The first-order valence-corrected chi connectivity index (χ1v) is 6.49. The van der Waals surface area contributed by atoms with Crippen LogP contribution in [0.2, 0.25) is 0 Å². The average Bonchev–Trinajstić information content (AvgIpc) is 2.53. The number of rotatable bonds is 6. The molecule has 0 saturated heterocycles. The molecule has 0 fully saturated rings. The summed E-state index contributed by atoms with van der Waals surface area (Å²) in [6.45, 7) is 1.14. The number of likely N-dealkylation sites (N-methyl/N-ethyl adjacent to an activating group) is 1. The molecule has 21 heavy (non-hydrogen) atoms. The fourth-order valence-corrected chi connectivity index (χ4v) is 1.80. The van der Waals surface area contributed by atoms with E-state index in [1.165, 1.54) is 6.07 Å². The van der Waals surface area contributed by atoms with E-state index in [1.807, 2.05) is 42.3 Å². The summed E-state index contributed by atoms with van der Waals surface area (Å²) in [5.41, 5.74) is 0.755. The third-order valence-electron chi connectivity index (χ3n) is 2.99. The lowest BCUT2D eigenvalue weighted by Crippen LogP contribution is -2.24. The lowest BCUT2D eigenvalue weighted by atomic mass is 10.2. The molecule has 0 bridgehead atoms. The van der Waals surface area contributed by atoms with E-state index in [0.29, 0.717) is 24.8 Å². The van der Waals surface area contributed by atoms with Gasteiger partial charge in [-0.1, -0.05) is 30.3 Å². The normalized spacial score (nSPS) is 10.4. The van der Waals surface area contributed by atoms with Crippen LogP contribution in [0, 0.1) is 0 Å². The third-order valence-corrected chi connectivity index (χ3v) is 2.99. The lowest BCUT2D eigenvalue weighted by Gasteiger charge is -2.18. The summed E-state index contributed by atoms with van der Waals surface area (Å²) >= 11 is 0. The average molecular weight is 287 g/mol. The maximum Gasteiger partial charge on any atom is 0.354 e. The highest BCUT2D eigenvalue weighted by Gasteiger charge is 2.13. The SMILES string of the molecule is COCCN(C)c1cc(C(=O)O)nc(-c2ccccc2)n1. The number of hydrogen-bond donors (Lipinski definition) is 1. The number of carboxylic acids is 1. The molecular weight excluding hydrogens is 270 g/mol. The van der Waals surface area contributed by atoms with E-state index in [9.17, 15) is 9.90 Å². The molecule has 0 atom stereocenters. The second-order valence-electron chi connectivity index (χ2n) is 4.52. The molecule has 0 amide bonds. The molecular formula is C15H17N3O3. The van der Waals surface area contributed by atoms with E-state index in [4.69, 9.17) is 4.74 Å². The minimum Gasteiger partial charge on any atom is -0.477 e. The van der Waals surface area contributed by atoms with E-state index in [-0.39, 0.29) is 5.69 Å². The van der Waals surface area contributed by atoms with Crippen molar-refractivity contribution in [3.8, 4) is 11.4 Å². The number of ether oxygens (including phenoxy) is 1. The summed E-state index contributed by atoms with van der Waals surface area (Å²) in [4.78, 5) is 21.6. The summed E-state index contributed by atoms with van der Waals surface area (Å²) in [6.07, 6.45) is 0. The molecule has 1 N–H and O–H groups in total. The van der Waals surface area contributed by atoms with Crippen molar-refractivity contribution in [2.24, 2.45) is 0 Å². The number of benzene rings is 1. The van der Waals surface area contributed by atoms with Crippen molar-refractivity contribution in [3.05, 3.63) is 42.1 Å². The maximum absolute atomic E-state index is 11.2. The summed E-state index contributed by atoms with van der Waals surface area (Å²) in [7, 11) is 3.45. The van der Waals surface area contributed by atoms with E-state index >= 15 is 0 Å². The molecule has 110 valence electrons. The highest BCUT2D eigenvalue weighted by Crippen LogP contribution is 2.19. The van der Waals surface area contributed by atoms with Gasteiger partial charge in [0.25, 0.3) is 0 Å². The second-order valence-corrected chi connectivity index (χ2v) is 4.52. The van der Waals surface area contributed by atoms with Gasteiger partial charge in [0.2, 0.25) is 0 Å². The van der Waals surface area contributed by atoms with Crippen molar-refractivity contribution in [2.75, 3.05) is 32.2 Å². The molecule has 1 aromatic carbocycles. The van der Waals surface area contributed by atoms with Gasteiger partial charge in [-0.3, -0.25) is 0 Å². The highest BCUT2D eigenvalue weighted by atomic mass is 16.5. The van der Waals surface area contributed by atoms with Gasteiger partial charge in [0.15, 0.2) is 11.5 Å². The first-order chi connectivity index (χ1) is 10.1. The second kappa shape index (κ2) is 6.81. The zero-order chi connectivity index (χ0) is 15.2. The highest BCUT2D eigenvalue weighted by molar-refractivity contribution is 5.87. The zero-order valence-electron chi connectivity index (χ0n) is 12.0. The van der Waals surface area contributed by atoms with Crippen molar-refractivity contribution in [2.45, 2.75) is 0 Å². The first-order valence-electron chi connectivity index (χ1n) is 6.49.